The van der Waals surface area contributed by atoms with Crippen molar-refractivity contribution in [3.63, 3.8) is 0 Å². The van der Waals surface area contributed by atoms with E-state index in [0.717, 1.165) is 37.8 Å². The SMILES string of the molecule is CC[C@@]1([C@@H]2O[C@@H]([C@H]3O[C@@](O)(CNc4ccccc4)[C@H](C)C[C@@H]3C)C[C@@H]2C)CC[C@H]([C@]2(C)CC[C@]3(C[C@H](O)[C@@H](C)[C@@H]([C@@H](C)[C@@H](OC)[C@H](C)C(=O)O)O3)O2)O1. The van der Waals surface area contributed by atoms with Gasteiger partial charge in [-0.2, -0.15) is 0 Å². The van der Waals surface area contributed by atoms with Crippen LogP contribution in [0.3, 0.4) is 0 Å². The van der Waals surface area contributed by atoms with E-state index < -0.39 is 53.0 Å². The van der Waals surface area contributed by atoms with Crippen LogP contribution in [0.5, 0.6) is 0 Å². The van der Waals surface area contributed by atoms with Crippen molar-refractivity contribution >= 4 is 11.7 Å². The predicted molar refractivity (Wildman–Crippen MR) is 200 cm³/mol. The van der Waals surface area contributed by atoms with Gasteiger partial charge in [0.2, 0.25) is 0 Å². The second-order valence-corrected chi connectivity index (χ2v) is 17.9. The summed E-state index contributed by atoms with van der Waals surface area (Å²) in [5, 5.41) is 36.3. The first-order valence-corrected chi connectivity index (χ1v) is 20.3. The van der Waals surface area contributed by atoms with E-state index in [1.54, 1.807) is 6.92 Å². The molecule has 11 nitrogen and oxygen atoms in total. The predicted octanol–water partition coefficient (Wildman–Crippen LogP) is 6.39. The zero-order chi connectivity index (χ0) is 38.5. The van der Waals surface area contributed by atoms with Gasteiger partial charge in [-0.15, -0.1) is 0 Å². The molecule has 300 valence electrons. The van der Waals surface area contributed by atoms with Gasteiger partial charge in [0.15, 0.2) is 11.6 Å². The van der Waals surface area contributed by atoms with Gasteiger partial charge in [-0.05, 0) is 76.3 Å². The Bertz CT molecular complexity index is 1400. The highest BCUT2D eigenvalue weighted by Crippen LogP contribution is 2.55. The number of carboxylic acid groups (broad SMARTS) is 1. The van der Waals surface area contributed by atoms with Crippen LogP contribution in [0.1, 0.15) is 107 Å². The fourth-order valence-corrected chi connectivity index (χ4v) is 10.7. The van der Waals surface area contributed by atoms with Crippen molar-refractivity contribution in [2.75, 3.05) is 19.0 Å². The lowest BCUT2D eigenvalue weighted by molar-refractivity contribution is -0.336. The number of rotatable bonds is 12. The lowest BCUT2D eigenvalue weighted by Gasteiger charge is -2.49. The van der Waals surface area contributed by atoms with E-state index in [9.17, 15) is 20.1 Å². The number of aliphatic hydroxyl groups is 2. The minimum absolute atomic E-state index is 0.0402. The Morgan fingerprint density at radius 1 is 1.02 bits per heavy atom. The number of aliphatic hydroxyl groups excluding tert-OH is 1. The normalized spacial score (nSPS) is 46.3. The number of carbonyl (C=O) groups is 1. The number of methoxy groups -OCH3 is 1. The fraction of sp³-hybridized carbons (Fsp3) is 0.833. The van der Waals surface area contributed by atoms with Crippen molar-refractivity contribution < 1.29 is 48.5 Å². The van der Waals surface area contributed by atoms with Crippen LogP contribution in [0.15, 0.2) is 30.3 Å². The monoisotopic (exact) mass is 745 g/mol. The second kappa shape index (κ2) is 15.6. The highest BCUT2D eigenvalue weighted by Gasteiger charge is 2.62. The summed E-state index contributed by atoms with van der Waals surface area (Å²) in [6.07, 6.45) is 3.36. The molecule has 0 bridgehead atoms. The molecule has 0 radical (unpaired) electrons. The average Bonchev–Trinajstić information content (AvgIpc) is 3.84. The number of hydrogen-bond acceptors (Lipinski definition) is 10. The van der Waals surface area contributed by atoms with Crippen molar-refractivity contribution in [2.45, 2.75) is 172 Å². The van der Waals surface area contributed by atoms with Gasteiger partial charge in [0.05, 0.1) is 66.4 Å². The van der Waals surface area contributed by atoms with Crippen LogP contribution < -0.4 is 5.32 Å². The molecule has 0 aliphatic carbocycles. The van der Waals surface area contributed by atoms with Crippen LogP contribution in [0.2, 0.25) is 0 Å². The Morgan fingerprint density at radius 3 is 2.40 bits per heavy atom. The minimum Gasteiger partial charge on any atom is -0.481 e. The molecule has 6 rings (SSSR count). The summed E-state index contributed by atoms with van der Waals surface area (Å²) in [5.41, 5.74) is -0.184. The number of anilines is 1. The van der Waals surface area contributed by atoms with E-state index in [-0.39, 0.29) is 54.0 Å². The summed E-state index contributed by atoms with van der Waals surface area (Å²) >= 11 is 0. The lowest BCUT2D eigenvalue weighted by Crippen LogP contribution is -2.57. The standard InChI is InChI=1S/C42H67NO10/c1-10-40(37-25(3)21-32(49-37)34-24(2)20-26(4)42(47,52-34)23-43-30-14-12-11-13-15-30)17-16-33(50-40)39(8)18-19-41(53-39)22-31(44)27(5)36(51-41)28(6)35(48-9)29(7)38(45)46/h11-15,24-29,31-37,43-44,47H,10,16-23H2,1-9H3,(H,45,46)/t24-,25-,26+,27+,28-,29-,31-,32+,33+,34-,35+,36-,37+,39-,40-,41+,42-/m0/s1. The fourth-order valence-electron chi connectivity index (χ4n) is 10.7. The third-order valence-corrected chi connectivity index (χ3v) is 14.1. The molecule has 5 fully saturated rings. The first-order chi connectivity index (χ1) is 25.0. The van der Waals surface area contributed by atoms with Crippen molar-refractivity contribution in [1.82, 2.24) is 0 Å². The zero-order valence-corrected chi connectivity index (χ0v) is 33.5. The van der Waals surface area contributed by atoms with Crippen LogP contribution in [-0.2, 0) is 33.2 Å². The molecule has 11 heteroatoms. The number of nitrogens with one attached hydrogen (secondary N) is 1. The van der Waals surface area contributed by atoms with Gasteiger partial charge in [0.25, 0.3) is 0 Å². The molecule has 5 heterocycles. The van der Waals surface area contributed by atoms with Gasteiger partial charge < -0.3 is 49.1 Å². The van der Waals surface area contributed by atoms with Gasteiger partial charge in [0, 0.05) is 43.4 Å². The summed E-state index contributed by atoms with van der Waals surface area (Å²) < 4.78 is 40.3. The van der Waals surface area contributed by atoms with Gasteiger partial charge in [0.1, 0.15) is 0 Å². The molecule has 4 N–H and O–H groups in total. The summed E-state index contributed by atoms with van der Waals surface area (Å²) in [6, 6.07) is 9.90. The number of benzene rings is 1. The molecule has 5 aliphatic heterocycles. The molecule has 1 aromatic rings. The van der Waals surface area contributed by atoms with E-state index in [0.29, 0.717) is 25.8 Å². The van der Waals surface area contributed by atoms with E-state index in [2.05, 4.69) is 39.9 Å². The number of ether oxygens (including phenoxy) is 6. The molecule has 0 aromatic heterocycles. The number of para-hydroxylation sites is 1. The van der Waals surface area contributed by atoms with Crippen molar-refractivity contribution in [1.29, 1.82) is 0 Å². The quantitative estimate of drug-likeness (QED) is 0.189. The molecule has 0 unspecified atom stereocenters. The third kappa shape index (κ3) is 7.80. The van der Waals surface area contributed by atoms with Gasteiger partial charge in [-0.25, -0.2) is 0 Å². The van der Waals surface area contributed by atoms with Gasteiger partial charge in [-0.3, -0.25) is 4.79 Å². The molecule has 0 amide bonds. The second-order valence-electron chi connectivity index (χ2n) is 17.9. The molecule has 17 atom stereocenters. The van der Waals surface area contributed by atoms with Crippen LogP contribution >= 0.6 is 0 Å². The maximum Gasteiger partial charge on any atom is 0.308 e. The first kappa shape index (κ1) is 40.8. The topological polar surface area (TPSA) is 145 Å². The van der Waals surface area contributed by atoms with Crippen molar-refractivity contribution in [2.24, 2.45) is 35.5 Å². The third-order valence-electron chi connectivity index (χ3n) is 14.1. The molecule has 1 aromatic carbocycles. The zero-order valence-electron chi connectivity index (χ0n) is 33.5. The number of hydrogen-bond donors (Lipinski definition) is 4. The Hall–Kier alpha value is -1.83. The van der Waals surface area contributed by atoms with Gasteiger partial charge in [-0.1, -0.05) is 59.7 Å². The van der Waals surface area contributed by atoms with Crippen molar-refractivity contribution in [3.05, 3.63) is 30.3 Å². The maximum atomic E-state index is 11.9. The highest BCUT2D eigenvalue weighted by atomic mass is 16.7. The largest absolute Gasteiger partial charge is 0.481 e. The van der Waals surface area contributed by atoms with E-state index in [1.807, 2.05) is 44.2 Å². The summed E-state index contributed by atoms with van der Waals surface area (Å²) in [5.74, 6) is -4.06. The summed E-state index contributed by atoms with van der Waals surface area (Å²) in [7, 11) is 1.53. The molecular weight excluding hydrogens is 678 g/mol. The Balaban J connectivity index is 1.13. The molecule has 5 aliphatic rings. The number of aliphatic carboxylic acids is 1. The van der Waals surface area contributed by atoms with Crippen LogP contribution in [-0.4, -0.2) is 100 Å². The van der Waals surface area contributed by atoms with Crippen LogP contribution in [0.25, 0.3) is 0 Å². The molecular formula is C42H67NO10. The molecule has 1 spiro atoms. The minimum atomic E-state index is -1.32. The Kier molecular flexibility index (Phi) is 12.0. The van der Waals surface area contributed by atoms with E-state index in [4.69, 9.17) is 28.4 Å². The Morgan fingerprint density at radius 2 is 1.74 bits per heavy atom. The molecule has 53 heavy (non-hydrogen) atoms. The van der Waals surface area contributed by atoms with Crippen LogP contribution in [0.4, 0.5) is 5.69 Å². The molecule has 0 saturated carbocycles. The highest BCUT2D eigenvalue weighted by molar-refractivity contribution is 5.70. The number of carboxylic acids is 1. The Labute approximate surface area is 316 Å². The average molecular weight is 746 g/mol. The van der Waals surface area contributed by atoms with Crippen LogP contribution in [0, 0.1) is 35.5 Å². The molecule has 5 saturated heterocycles. The van der Waals surface area contributed by atoms with E-state index >= 15 is 0 Å². The van der Waals surface area contributed by atoms with E-state index in [1.165, 1.54) is 7.11 Å². The summed E-state index contributed by atoms with van der Waals surface area (Å²) in [6.45, 7) is 16.7. The summed E-state index contributed by atoms with van der Waals surface area (Å²) in [4.78, 5) is 11.9. The lowest BCUT2D eigenvalue weighted by atomic mass is 9.78. The smallest absolute Gasteiger partial charge is 0.308 e. The van der Waals surface area contributed by atoms with Gasteiger partial charge >= 0.3 is 5.97 Å². The van der Waals surface area contributed by atoms with Crippen molar-refractivity contribution in [3.8, 4) is 0 Å². The first-order valence-electron chi connectivity index (χ1n) is 20.3. The maximum absolute atomic E-state index is 11.9.